The summed E-state index contributed by atoms with van der Waals surface area (Å²) < 4.78 is 5.24. The highest BCUT2D eigenvalue weighted by Crippen LogP contribution is 2.32. The van der Waals surface area contributed by atoms with E-state index >= 15 is 0 Å². The lowest BCUT2D eigenvalue weighted by atomic mass is 10.1. The summed E-state index contributed by atoms with van der Waals surface area (Å²) in [5.41, 5.74) is 3.58. The largest absolute Gasteiger partial charge is 0.497 e. The molecule has 0 aliphatic heterocycles. The van der Waals surface area contributed by atoms with Gasteiger partial charge in [0.25, 0.3) is 11.8 Å². The van der Waals surface area contributed by atoms with Crippen LogP contribution in [0.25, 0.3) is 17.3 Å². The number of carbonyl (C=O) groups excluding carboxylic acids is 3. The number of aryl methyl sites for hydroxylation is 1. The van der Waals surface area contributed by atoms with Gasteiger partial charge in [-0.05, 0) is 67.4 Å². The predicted molar refractivity (Wildman–Crippen MR) is 191 cm³/mol. The summed E-state index contributed by atoms with van der Waals surface area (Å²) >= 11 is 2.85. The van der Waals surface area contributed by atoms with Crippen molar-refractivity contribution >= 4 is 57.7 Å². The Balaban J connectivity index is 1.29. The molecule has 3 N–H and O–H groups in total. The molecule has 0 spiro atoms. The number of aromatic nitrogens is 1. The van der Waals surface area contributed by atoms with Gasteiger partial charge in [0.15, 0.2) is 5.13 Å². The van der Waals surface area contributed by atoms with Crippen LogP contribution in [-0.4, -0.2) is 35.1 Å². The summed E-state index contributed by atoms with van der Waals surface area (Å²) in [5, 5.41) is 8.81. The molecule has 1 atom stereocenters. The quantitative estimate of drug-likeness (QED) is 0.0922. The van der Waals surface area contributed by atoms with Gasteiger partial charge in [0.1, 0.15) is 11.4 Å². The molecule has 4 aromatic carbocycles. The van der Waals surface area contributed by atoms with E-state index in [2.05, 4.69) is 20.9 Å². The molecule has 0 bridgehead atoms. The van der Waals surface area contributed by atoms with E-state index < -0.39 is 11.8 Å². The highest BCUT2D eigenvalue weighted by atomic mass is 32.2. The van der Waals surface area contributed by atoms with Crippen molar-refractivity contribution < 1.29 is 19.1 Å². The predicted octanol–water partition coefficient (Wildman–Crippen LogP) is 8.05. The first kappa shape index (κ1) is 33.2. The summed E-state index contributed by atoms with van der Waals surface area (Å²) in [6.07, 6.45) is 2.19. The second-order valence-electron chi connectivity index (χ2n) is 10.4. The maximum atomic E-state index is 13.5. The van der Waals surface area contributed by atoms with Crippen LogP contribution in [0.2, 0.25) is 0 Å². The monoisotopic (exact) mass is 662 g/mol. The molecule has 1 unspecified atom stereocenters. The number of thiazole rings is 1. The number of nitrogens with zero attached hydrogens (tertiary/aromatic N) is 1. The third kappa shape index (κ3) is 8.96. The minimum atomic E-state index is -0.495. The lowest BCUT2D eigenvalue weighted by Crippen LogP contribution is -2.30. The molecular weight excluding hydrogens is 629 g/mol. The number of rotatable bonds is 12. The van der Waals surface area contributed by atoms with Gasteiger partial charge in [-0.15, -0.1) is 23.1 Å². The average molecular weight is 663 g/mol. The van der Waals surface area contributed by atoms with Crippen LogP contribution < -0.4 is 20.7 Å². The third-order valence-electron chi connectivity index (χ3n) is 7.06. The van der Waals surface area contributed by atoms with Gasteiger partial charge in [0.05, 0.1) is 18.1 Å². The van der Waals surface area contributed by atoms with E-state index in [9.17, 15) is 14.4 Å². The molecule has 1 heterocycles. The smallest absolute Gasteiger partial charge is 0.272 e. The number of thioether (sulfide) groups is 1. The highest BCUT2D eigenvalue weighted by molar-refractivity contribution is 8.00. The van der Waals surface area contributed by atoms with Crippen molar-refractivity contribution in [3.63, 3.8) is 0 Å². The van der Waals surface area contributed by atoms with E-state index in [1.54, 1.807) is 67.8 Å². The number of amides is 3. The van der Waals surface area contributed by atoms with E-state index in [1.807, 2.05) is 68.4 Å². The van der Waals surface area contributed by atoms with Gasteiger partial charge in [-0.2, -0.15) is 0 Å². The number of carbonyl (C=O) groups is 3. The zero-order valence-corrected chi connectivity index (χ0v) is 27.8. The summed E-state index contributed by atoms with van der Waals surface area (Å²) in [7, 11) is 1.58. The Morgan fingerprint density at radius 3 is 2.28 bits per heavy atom. The van der Waals surface area contributed by atoms with Crippen molar-refractivity contribution in [3.8, 4) is 17.0 Å². The van der Waals surface area contributed by atoms with Crippen molar-refractivity contribution in [1.82, 2.24) is 10.3 Å². The van der Waals surface area contributed by atoms with E-state index in [0.717, 1.165) is 21.0 Å². The zero-order valence-electron chi connectivity index (χ0n) is 26.2. The molecule has 0 saturated heterocycles. The fourth-order valence-electron chi connectivity index (χ4n) is 4.64. The minimum absolute atomic E-state index is 0.0708. The molecule has 0 saturated carbocycles. The van der Waals surface area contributed by atoms with E-state index in [0.29, 0.717) is 34.1 Å². The summed E-state index contributed by atoms with van der Waals surface area (Å²) in [6.45, 7) is 3.95. The third-order valence-corrected chi connectivity index (χ3v) is 9.31. The van der Waals surface area contributed by atoms with Crippen molar-refractivity contribution in [2.75, 3.05) is 17.7 Å². The van der Waals surface area contributed by atoms with Gasteiger partial charge < -0.3 is 20.7 Å². The summed E-state index contributed by atoms with van der Waals surface area (Å²) in [4.78, 5) is 46.3. The van der Waals surface area contributed by atoms with Gasteiger partial charge in [-0.3, -0.25) is 14.4 Å². The molecule has 0 aliphatic carbocycles. The van der Waals surface area contributed by atoms with Gasteiger partial charge in [-0.25, -0.2) is 4.98 Å². The molecule has 5 rings (SSSR count). The Bertz CT molecular complexity index is 1870. The highest BCUT2D eigenvalue weighted by Gasteiger charge is 2.21. The van der Waals surface area contributed by atoms with Crippen molar-refractivity contribution in [3.05, 3.63) is 131 Å². The first-order chi connectivity index (χ1) is 22.8. The first-order valence-electron chi connectivity index (χ1n) is 15.0. The molecule has 1 aromatic heterocycles. The Morgan fingerprint density at radius 1 is 0.894 bits per heavy atom. The molecule has 47 heavy (non-hydrogen) atoms. The van der Waals surface area contributed by atoms with Crippen LogP contribution in [-0.2, 0) is 9.59 Å². The molecule has 0 aliphatic rings. The summed E-state index contributed by atoms with van der Waals surface area (Å²) in [6, 6.07) is 33.0. The Labute approximate surface area is 282 Å². The normalized spacial score (nSPS) is 11.8. The maximum Gasteiger partial charge on any atom is 0.272 e. The van der Waals surface area contributed by atoms with E-state index in [-0.39, 0.29) is 16.9 Å². The average Bonchev–Trinajstić information content (AvgIpc) is 3.47. The van der Waals surface area contributed by atoms with E-state index in [1.165, 1.54) is 23.1 Å². The number of anilines is 2. The lowest BCUT2D eigenvalue weighted by Gasteiger charge is -2.15. The standard InChI is InChI=1S/C37H34N4O4S2/c1-4-32(36(44)41-37-40-33(24(2)46-37)26-12-7-5-8-13-26)47-30-17-11-16-28(23-30)38-35(43)31(22-25-18-20-29(45-3)21-19-25)39-34(42)27-14-9-6-10-15-27/h5-23,32H,4H2,1-3H3,(H,38,43)(H,39,42)(H,40,41,44)/b31-22+. The van der Waals surface area contributed by atoms with Crippen LogP contribution in [0.15, 0.2) is 120 Å². The molecule has 5 aromatic rings. The number of hydrogen-bond donors (Lipinski definition) is 3. The zero-order chi connectivity index (χ0) is 33.2. The molecule has 0 fully saturated rings. The number of nitrogens with one attached hydrogen (secondary N) is 3. The second kappa shape index (κ2) is 15.9. The van der Waals surface area contributed by atoms with Crippen LogP contribution >= 0.6 is 23.1 Å². The Kier molecular flexibility index (Phi) is 11.2. The number of methoxy groups -OCH3 is 1. The molecule has 10 heteroatoms. The molecule has 0 radical (unpaired) electrons. The van der Waals surface area contributed by atoms with Crippen LogP contribution in [0.5, 0.6) is 5.75 Å². The lowest BCUT2D eigenvalue weighted by molar-refractivity contribution is -0.116. The van der Waals surface area contributed by atoms with Gasteiger partial charge in [0, 0.05) is 26.6 Å². The maximum absolute atomic E-state index is 13.5. The van der Waals surface area contributed by atoms with Gasteiger partial charge >= 0.3 is 0 Å². The molecule has 3 amide bonds. The van der Waals surface area contributed by atoms with Crippen molar-refractivity contribution in [2.45, 2.75) is 30.4 Å². The van der Waals surface area contributed by atoms with E-state index in [4.69, 9.17) is 4.74 Å². The SMILES string of the molecule is CCC(Sc1cccc(NC(=O)/C(=C\c2ccc(OC)cc2)NC(=O)c2ccccc2)c1)C(=O)Nc1nc(-c2ccccc2)c(C)s1. The van der Waals surface area contributed by atoms with Crippen LogP contribution in [0.3, 0.4) is 0 Å². The summed E-state index contributed by atoms with van der Waals surface area (Å²) in [5.74, 6) is -0.375. The fourth-order valence-corrected chi connectivity index (χ4v) is 6.49. The van der Waals surface area contributed by atoms with Gasteiger partial charge in [0.2, 0.25) is 5.91 Å². The van der Waals surface area contributed by atoms with Crippen molar-refractivity contribution in [1.29, 1.82) is 0 Å². The van der Waals surface area contributed by atoms with Crippen LogP contribution in [0, 0.1) is 6.92 Å². The molecule has 238 valence electrons. The fraction of sp³-hybridized carbons (Fsp3) is 0.135. The second-order valence-corrected chi connectivity index (χ2v) is 12.9. The first-order valence-corrected chi connectivity index (χ1v) is 16.7. The van der Waals surface area contributed by atoms with Gasteiger partial charge in [-0.1, -0.05) is 73.7 Å². The number of hydrogen-bond acceptors (Lipinski definition) is 7. The molecule has 8 nitrogen and oxygen atoms in total. The van der Waals surface area contributed by atoms with Crippen LogP contribution in [0.1, 0.15) is 34.1 Å². The Hall–Kier alpha value is -5.19. The van der Waals surface area contributed by atoms with Crippen LogP contribution in [0.4, 0.5) is 10.8 Å². The molecular formula is C37H34N4O4S2. The van der Waals surface area contributed by atoms with Crippen molar-refractivity contribution in [2.24, 2.45) is 0 Å². The topological polar surface area (TPSA) is 109 Å². The number of ether oxygens (including phenoxy) is 1. The Morgan fingerprint density at radius 2 is 1.60 bits per heavy atom. The minimum Gasteiger partial charge on any atom is -0.497 e. The number of benzene rings is 4.